The van der Waals surface area contributed by atoms with E-state index in [9.17, 15) is 4.79 Å². The molecular weight excluding hydrogens is 380 g/mol. The highest BCUT2D eigenvalue weighted by atomic mass is 16.6. The number of fused-ring (bicyclic) bond motifs is 4. The predicted octanol–water partition coefficient (Wildman–Crippen LogP) is 4.73. The van der Waals surface area contributed by atoms with Crippen molar-refractivity contribution in [3.63, 3.8) is 0 Å². The molecule has 7 heteroatoms. The van der Waals surface area contributed by atoms with Crippen LogP contribution in [0.1, 0.15) is 50.8 Å². The molecular formula is C23H30N4O3. The van der Waals surface area contributed by atoms with Crippen LogP contribution in [0.3, 0.4) is 0 Å². The zero-order valence-corrected chi connectivity index (χ0v) is 18.1. The Labute approximate surface area is 177 Å². The zero-order chi connectivity index (χ0) is 21.3. The maximum Gasteiger partial charge on any atom is 0.415 e. The molecule has 0 spiro atoms. The fourth-order valence-corrected chi connectivity index (χ4v) is 4.24. The molecule has 4 rings (SSSR count). The Hall–Kier alpha value is -2.83. The monoisotopic (exact) mass is 410 g/mol. The van der Waals surface area contributed by atoms with E-state index < -0.39 is 0 Å². The third kappa shape index (κ3) is 4.06. The molecule has 1 aromatic carbocycles. The summed E-state index contributed by atoms with van der Waals surface area (Å²) in [4.78, 5) is 23.1. The minimum atomic E-state index is -0.330. The van der Waals surface area contributed by atoms with Gasteiger partial charge in [0.15, 0.2) is 0 Å². The van der Waals surface area contributed by atoms with Gasteiger partial charge in [-0.05, 0) is 48.4 Å². The topological polar surface area (TPSA) is 76.6 Å². The number of nitrogens with one attached hydrogen (secondary N) is 1. The van der Waals surface area contributed by atoms with E-state index in [4.69, 9.17) is 9.47 Å². The van der Waals surface area contributed by atoms with E-state index in [-0.39, 0.29) is 24.1 Å². The van der Waals surface area contributed by atoms with Crippen molar-refractivity contribution in [3.05, 3.63) is 41.6 Å². The van der Waals surface area contributed by atoms with Gasteiger partial charge >= 0.3 is 6.09 Å². The molecule has 160 valence electrons. The van der Waals surface area contributed by atoms with Crippen molar-refractivity contribution in [1.29, 1.82) is 0 Å². The van der Waals surface area contributed by atoms with Crippen LogP contribution in [0.2, 0.25) is 0 Å². The van der Waals surface area contributed by atoms with Crippen LogP contribution in [-0.4, -0.2) is 35.3 Å². The molecule has 1 aromatic heterocycles. The fraction of sp³-hybridized carbons (Fsp3) is 0.522. The summed E-state index contributed by atoms with van der Waals surface area (Å²) in [6.07, 6.45) is 3.14. The van der Waals surface area contributed by atoms with Gasteiger partial charge in [-0.3, -0.25) is 4.90 Å². The van der Waals surface area contributed by atoms with Gasteiger partial charge in [-0.2, -0.15) is 4.98 Å². The summed E-state index contributed by atoms with van der Waals surface area (Å²) in [5.41, 5.74) is 2.27. The van der Waals surface area contributed by atoms with Gasteiger partial charge in [0, 0.05) is 6.20 Å². The molecule has 1 N–H and O–H groups in total. The lowest BCUT2D eigenvalue weighted by Crippen LogP contribution is -2.39. The van der Waals surface area contributed by atoms with Gasteiger partial charge in [-0.25, -0.2) is 9.78 Å². The minimum absolute atomic E-state index is 0.0256. The highest BCUT2D eigenvalue weighted by molar-refractivity contribution is 5.89. The first-order valence-electron chi connectivity index (χ1n) is 10.7. The molecule has 3 atom stereocenters. The van der Waals surface area contributed by atoms with Crippen LogP contribution in [0.4, 0.5) is 16.6 Å². The van der Waals surface area contributed by atoms with Crippen LogP contribution < -0.4 is 15.0 Å². The van der Waals surface area contributed by atoms with Crippen molar-refractivity contribution in [3.8, 4) is 5.75 Å². The van der Waals surface area contributed by atoms with Crippen molar-refractivity contribution in [2.24, 2.45) is 11.8 Å². The Bertz CT molecular complexity index is 917. The molecule has 2 aliphatic heterocycles. The normalized spacial score (nSPS) is 23.2. The standard InChI is InChI=1S/C23H30N4O3/c1-5-16-11-18(17-6-7-20(15(4)10-17)29-12-14(2)3)25-22-24-9-8-21(26-22)27-19(16)13-30-23(27)28/h6-10,14,16,18-19H,5,11-13H2,1-4H3,(H,24,25,26)/t16?,18-,19+/m0/s1. The van der Waals surface area contributed by atoms with Crippen LogP contribution in [0.5, 0.6) is 5.75 Å². The van der Waals surface area contributed by atoms with E-state index in [0.29, 0.717) is 30.9 Å². The lowest BCUT2D eigenvalue weighted by Gasteiger charge is -2.29. The Morgan fingerprint density at radius 2 is 2.17 bits per heavy atom. The maximum absolute atomic E-state index is 12.4. The number of ether oxygens (including phenoxy) is 2. The fourth-order valence-electron chi connectivity index (χ4n) is 4.24. The Morgan fingerprint density at radius 3 is 2.90 bits per heavy atom. The summed E-state index contributed by atoms with van der Waals surface area (Å²) in [6, 6.07) is 8.11. The molecule has 1 amide bonds. The zero-order valence-electron chi connectivity index (χ0n) is 18.1. The van der Waals surface area contributed by atoms with Gasteiger partial charge in [0.25, 0.3) is 0 Å². The minimum Gasteiger partial charge on any atom is -0.493 e. The van der Waals surface area contributed by atoms with Crippen molar-refractivity contribution in [2.75, 3.05) is 23.4 Å². The highest BCUT2D eigenvalue weighted by Gasteiger charge is 2.41. The first-order valence-corrected chi connectivity index (χ1v) is 10.7. The second kappa shape index (κ2) is 8.50. The summed E-state index contributed by atoms with van der Waals surface area (Å²) in [5, 5.41) is 3.50. The number of carbonyl (C=O) groups excluding carboxylic acids is 1. The molecule has 2 aromatic rings. The van der Waals surface area contributed by atoms with Gasteiger partial charge in [-0.15, -0.1) is 0 Å². The third-order valence-electron chi connectivity index (χ3n) is 5.88. The number of rotatable bonds is 5. The number of cyclic esters (lactones) is 1. The van der Waals surface area contributed by atoms with Crippen LogP contribution in [0.25, 0.3) is 0 Å². The third-order valence-corrected chi connectivity index (χ3v) is 5.88. The maximum atomic E-state index is 12.4. The van der Waals surface area contributed by atoms with Gasteiger partial charge < -0.3 is 14.8 Å². The molecule has 0 saturated carbocycles. The van der Waals surface area contributed by atoms with Crippen LogP contribution in [0, 0.1) is 18.8 Å². The number of benzene rings is 1. The molecule has 3 heterocycles. The average Bonchev–Trinajstić information content (AvgIpc) is 3.12. The number of hydrogen-bond acceptors (Lipinski definition) is 6. The van der Waals surface area contributed by atoms with Gasteiger partial charge in [0.05, 0.1) is 18.7 Å². The number of anilines is 2. The number of carbonyl (C=O) groups is 1. The van der Waals surface area contributed by atoms with Gasteiger partial charge in [0.1, 0.15) is 18.2 Å². The first kappa shape index (κ1) is 20.4. The molecule has 2 aliphatic rings. The van der Waals surface area contributed by atoms with E-state index in [0.717, 1.165) is 29.7 Å². The SMILES string of the molecule is CCC1C[C@@H](c2ccc(OCC(C)C)c(C)c2)Nc2nccc(n2)N2C(=O)OC[C@H]12. The molecule has 30 heavy (non-hydrogen) atoms. The van der Waals surface area contributed by atoms with Crippen LogP contribution in [-0.2, 0) is 4.74 Å². The van der Waals surface area contributed by atoms with E-state index in [2.05, 4.69) is 55.1 Å². The van der Waals surface area contributed by atoms with Crippen molar-refractivity contribution >= 4 is 17.9 Å². The number of nitrogens with zero attached hydrogens (tertiary/aromatic N) is 3. The largest absolute Gasteiger partial charge is 0.493 e. The van der Waals surface area contributed by atoms with Gasteiger partial charge in [0.2, 0.25) is 5.95 Å². The number of aromatic nitrogens is 2. The van der Waals surface area contributed by atoms with Crippen LogP contribution in [0.15, 0.2) is 30.5 Å². The molecule has 0 aliphatic carbocycles. The summed E-state index contributed by atoms with van der Waals surface area (Å²) in [7, 11) is 0. The summed E-state index contributed by atoms with van der Waals surface area (Å²) < 4.78 is 11.3. The van der Waals surface area contributed by atoms with E-state index in [1.807, 2.05) is 6.07 Å². The summed E-state index contributed by atoms with van der Waals surface area (Å²) in [5.74, 6) is 2.77. The second-order valence-corrected chi connectivity index (χ2v) is 8.58. The number of amides is 1. The summed E-state index contributed by atoms with van der Waals surface area (Å²) in [6.45, 7) is 9.62. The van der Waals surface area contributed by atoms with E-state index in [1.54, 1.807) is 17.2 Å². The van der Waals surface area contributed by atoms with Gasteiger partial charge in [-0.1, -0.05) is 39.3 Å². The Balaban J connectivity index is 1.66. The smallest absolute Gasteiger partial charge is 0.415 e. The van der Waals surface area contributed by atoms with E-state index >= 15 is 0 Å². The Morgan fingerprint density at radius 1 is 1.33 bits per heavy atom. The summed E-state index contributed by atoms with van der Waals surface area (Å²) >= 11 is 0. The Kier molecular flexibility index (Phi) is 5.79. The number of hydrogen-bond donors (Lipinski definition) is 1. The average molecular weight is 411 g/mol. The van der Waals surface area contributed by atoms with Crippen molar-refractivity contribution in [2.45, 2.75) is 52.6 Å². The predicted molar refractivity (Wildman–Crippen MR) is 116 cm³/mol. The quantitative estimate of drug-likeness (QED) is 0.768. The number of aryl methyl sites for hydroxylation is 1. The highest BCUT2D eigenvalue weighted by Crippen LogP contribution is 2.37. The van der Waals surface area contributed by atoms with Crippen molar-refractivity contribution < 1.29 is 14.3 Å². The lowest BCUT2D eigenvalue weighted by molar-refractivity contribution is 0.175. The van der Waals surface area contributed by atoms with Crippen LogP contribution >= 0.6 is 0 Å². The molecule has 1 unspecified atom stereocenters. The molecule has 7 nitrogen and oxygen atoms in total. The second-order valence-electron chi connectivity index (χ2n) is 8.58. The first-order chi connectivity index (χ1) is 14.5. The van der Waals surface area contributed by atoms with E-state index in [1.165, 1.54) is 0 Å². The molecule has 0 radical (unpaired) electrons. The molecule has 1 saturated heterocycles. The lowest BCUT2D eigenvalue weighted by atomic mass is 9.87. The van der Waals surface area contributed by atoms with Crippen molar-refractivity contribution in [1.82, 2.24) is 9.97 Å². The molecule has 2 bridgehead atoms. The molecule has 1 fully saturated rings.